The first-order valence-corrected chi connectivity index (χ1v) is 9.51. The lowest BCUT2D eigenvalue weighted by atomic mass is 10.2. The van der Waals surface area contributed by atoms with Crippen molar-refractivity contribution < 1.29 is 4.79 Å². The summed E-state index contributed by atoms with van der Waals surface area (Å²) in [4.78, 5) is 36.8. The SMILES string of the molecule is CCn1ncnc1C(C)NC(=O)c1cnc(CSc2ccccc2)[nH]c1=O. The molecular weight excluding hydrogens is 364 g/mol. The van der Waals surface area contributed by atoms with Crippen LogP contribution in [0.5, 0.6) is 0 Å². The van der Waals surface area contributed by atoms with Crippen LogP contribution in [-0.2, 0) is 12.3 Å². The van der Waals surface area contributed by atoms with Gasteiger partial charge < -0.3 is 10.3 Å². The van der Waals surface area contributed by atoms with Crippen LogP contribution in [0.15, 0.2) is 52.5 Å². The molecule has 0 bridgehead atoms. The number of H-pyrrole nitrogens is 1. The number of rotatable bonds is 7. The number of aromatic nitrogens is 5. The number of hydrogen-bond donors (Lipinski definition) is 2. The van der Waals surface area contributed by atoms with E-state index in [1.54, 1.807) is 23.4 Å². The van der Waals surface area contributed by atoms with Crippen LogP contribution in [0.3, 0.4) is 0 Å². The molecule has 1 atom stereocenters. The molecule has 9 heteroatoms. The van der Waals surface area contributed by atoms with E-state index in [-0.39, 0.29) is 11.6 Å². The molecule has 140 valence electrons. The van der Waals surface area contributed by atoms with E-state index in [1.807, 2.05) is 37.3 Å². The maximum Gasteiger partial charge on any atom is 0.263 e. The van der Waals surface area contributed by atoms with Gasteiger partial charge in [-0.25, -0.2) is 14.6 Å². The van der Waals surface area contributed by atoms with Gasteiger partial charge >= 0.3 is 0 Å². The van der Waals surface area contributed by atoms with Crippen LogP contribution in [0, 0.1) is 0 Å². The maximum absolute atomic E-state index is 12.4. The molecule has 0 aliphatic rings. The minimum atomic E-state index is -0.496. The molecule has 0 radical (unpaired) electrons. The first-order chi connectivity index (χ1) is 13.1. The van der Waals surface area contributed by atoms with E-state index in [1.165, 1.54) is 12.5 Å². The quantitative estimate of drug-likeness (QED) is 0.605. The predicted molar refractivity (Wildman–Crippen MR) is 102 cm³/mol. The number of amides is 1. The molecule has 2 aromatic heterocycles. The van der Waals surface area contributed by atoms with E-state index in [0.29, 0.717) is 23.9 Å². The van der Waals surface area contributed by atoms with Crippen molar-refractivity contribution in [3.8, 4) is 0 Å². The second-order valence-corrected chi connectivity index (χ2v) is 6.85. The summed E-state index contributed by atoms with van der Waals surface area (Å²) in [5.74, 6) is 1.16. The molecule has 27 heavy (non-hydrogen) atoms. The average Bonchev–Trinajstić information content (AvgIpc) is 3.16. The Balaban J connectivity index is 1.66. The zero-order chi connectivity index (χ0) is 19.2. The van der Waals surface area contributed by atoms with Crippen LogP contribution >= 0.6 is 11.8 Å². The van der Waals surface area contributed by atoms with E-state index < -0.39 is 11.5 Å². The summed E-state index contributed by atoms with van der Waals surface area (Å²) in [7, 11) is 0. The van der Waals surface area contributed by atoms with E-state index in [2.05, 4.69) is 25.4 Å². The van der Waals surface area contributed by atoms with E-state index in [9.17, 15) is 9.59 Å². The van der Waals surface area contributed by atoms with Crippen molar-refractivity contribution in [1.82, 2.24) is 30.0 Å². The maximum atomic E-state index is 12.4. The molecule has 2 heterocycles. The number of hydrogen-bond acceptors (Lipinski definition) is 6. The molecule has 0 fully saturated rings. The highest BCUT2D eigenvalue weighted by Gasteiger charge is 2.18. The fourth-order valence-corrected chi connectivity index (χ4v) is 3.33. The molecule has 0 aliphatic heterocycles. The van der Waals surface area contributed by atoms with Crippen molar-refractivity contribution >= 4 is 17.7 Å². The number of benzene rings is 1. The van der Waals surface area contributed by atoms with Crippen molar-refractivity contribution in [2.24, 2.45) is 0 Å². The van der Waals surface area contributed by atoms with E-state index >= 15 is 0 Å². The van der Waals surface area contributed by atoms with Gasteiger partial charge in [0.1, 0.15) is 23.5 Å². The minimum absolute atomic E-state index is 0.0297. The molecule has 3 aromatic rings. The Morgan fingerprint density at radius 1 is 1.30 bits per heavy atom. The van der Waals surface area contributed by atoms with Gasteiger partial charge in [0.2, 0.25) is 0 Å². The standard InChI is InChI=1S/C18H20N6O2S/c1-3-24-16(20-11-21-24)12(2)22-17(25)14-9-19-15(23-18(14)26)10-27-13-7-5-4-6-8-13/h4-9,11-12H,3,10H2,1-2H3,(H,22,25)(H,19,23,26). The molecule has 0 saturated heterocycles. The number of carbonyl (C=O) groups is 1. The third-order valence-electron chi connectivity index (χ3n) is 3.90. The molecule has 0 saturated carbocycles. The Kier molecular flexibility index (Phi) is 6.02. The molecule has 1 amide bonds. The molecule has 3 rings (SSSR count). The summed E-state index contributed by atoms with van der Waals surface area (Å²) in [5, 5.41) is 6.85. The largest absolute Gasteiger partial charge is 0.342 e. The van der Waals surface area contributed by atoms with Gasteiger partial charge in [0, 0.05) is 17.6 Å². The fourth-order valence-electron chi connectivity index (χ4n) is 2.53. The van der Waals surface area contributed by atoms with Gasteiger partial charge in [-0.05, 0) is 26.0 Å². The highest BCUT2D eigenvalue weighted by Crippen LogP contribution is 2.20. The van der Waals surface area contributed by atoms with Gasteiger partial charge in [-0.2, -0.15) is 5.10 Å². The lowest BCUT2D eigenvalue weighted by Crippen LogP contribution is -2.33. The first-order valence-electron chi connectivity index (χ1n) is 8.53. The third-order valence-corrected chi connectivity index (χ3v) is 4.92. The monoisotopic (exact) mass is 384 g/mol. The summed E-state index contributed by atoms with van der Waals surface area (Å²) < 4.78 is 1.69. The second-order valence-electron chi connectivity index (χ2n) is 5.80. The van der Waals surface area contributed by atoms with Crippen molar-refractivity contribution in [3.05, 3.63) is 70.4 Å². The summed E-state index contributed by atoms with van der Waals surface area (Å²) in [6, 6.07) is 9.44. The van der Waals surface area contributed by atoms with E-state index in [4.69, 9.17) is 0 Å². The Hall–Kier alpha value is -2.94. The zero-order valence-corrected chi connectivity index (χ0v) is 15.9. The highest BCUT2D eigenvalue weighted by molar-refractivity contribution is 7.98. The number of aryl methyl sites for hydroxylation is 1. The Labute approximate surface area is 160 Å². The zero-order valence-electron chi connectivity index (χ0n) is 15.0. The first kappa shape index (κ1) is 18.8. The summed E-state index contributed by atoms with van der Waals surface area (Å²) >= 11 is 1.56. The minimum Gasteiger partial charge on any atom is -0.342 e. The van der Waals surface area contributed by atoms with Crippen molar-refractivity contribution in [1.29, 1.82) is 0 Å². The van der Waals surface area contributed by atoms with Crippen LogP contribution in [0.2, 0.25) is 0 Å². The van der Waals surface area contributed by atoms with Crippen LogP contribution in [-0.4, -0.2) is 30.6 Å². The van der Waals surface area contributed by atoms with Crippen LogP contribution in [0.4, 0.5) is 0 Å². The molecule has 1 unspecified atom stereocenters. The molecular formula is C18H20N6O2S. The van der Waals surface area contributed by atoms with Crippen molar-refractivity contribution in [3.63, 3.8) is 0 Å². The Morgan fingerprint density at radius 2 is 2.07 bits per heavy atom. The summed E-state index contributed by atoms with van der Waals surface area (Å²) in [6.45, 7) is 4.37. The molecule has 2 N–H and O–H groups in total. The van der Waals surface area contributed by atoms with Gasteiger partial charge in [0.25, 0.3) is 11.5 Å². The number of thioether (sulfide) groups is 1. The van der Waals surface area contributed by atoms with Crippen LogP contribution in [0.1, 0.15) is 41.9 Å². The molecule has 0 aliphatic carbocycles. The Morgan fingerprint density at radius 3 is 2.78 bits per heavy atom. The summed E-state index contributed by atoms with van der Waals surface area (Å²) in [5.41, 5.74) is -0.492. The number of nitrogens with one attached hydrogen (secondary N) is 2. The van der Waals surface area contributed by atoms with Crippen molar-refractivity contribution in [2.45, 2.75) is 37.1 Å². The fraction of sp³-hybridized carbons (Fsp3) is 0.278. The van der Waals surface area contributed by atoms with E-state index in [0.717, 1.165) is 4.90 Å². The van der Waals surface area contributed by atoms with Gasteiger partial charge in [-0.1, -0.05) is 18.2 Å². The summed E-state index contributed by atoms with van der Waals surface area (Å²) in [6.07, 6.45) is 2.75. The van der Waals surface area contributed by atoms with Crippen LogP contribution < -0.4 is 10.9 Å². The van der Waals surface area contributed by atoms with Gasteiger partial charge in [0.05, 0.1) is 11.8 Å². The van der Waals surface area contributed by atoms with Crippen LogP contribution in [0.25, 0.3) is 0 Å². The molecule has 8 nitrogen and oxygen atoms in total. The smallest absolute Gasteiger partial charge is 0.263 e. The lowest BCUT2D eigenvalue weighted by Gasteiger charge is -2.13. The van der Waals surface area contributed by atoms with Gasteiger partial charge in [0.15, 0.2) is 0 Å². The highest BCUT2D eigenvalue weighted by atomic mass is 32.2. The normalized spacial score (nSPS) is 11.9. The second kappa shape index (κ2) is 8.63. The third kappa shape index (κ3) is 4.62. The lowest BCUT2D eigenvalue weighted by molar-refractivity contribution is 0.0935. The molecule has 0 spiro atoms. The predicted octanol–water partition coefficient (Wildman–Crippen LogP) is 2.16. The molecule has 1 aromatic carbocycles. The number of carbonyl (C=O) groups excluding carboxylic acids is 1. The van der Waals surface area contributed by atoms with Crippen molar-refractivity contribution in [2.75, 3.05) is 0 Å². The van der Waals surface area contributed by atoms with Gasteiger partial charge in [-0.3, -0.25) is 9.59 Å². The van der Waals surface area contributed by atoms with Gasteiger partial charge in [-0.15, -0.1) is 11.8 Å². The average molecular weight is 384 g/mol. The number of aromatic amines is 1. The Bertz CT molecular complexity index is 969. The topological polar surface area (TPSA) is 106 Å². The number of nitrogens with zero attached hydrogens (tertiary/aromatic N) is 4.